The van der Waals surface area contributed by atoms with E-state index < -0.39 is 0 Å². The molecule has 0 bridgehead atoms. The highest BCUT2D eigenvalue weighted by Gasteiger charge is 2.23. The maximum absolute atomic E-state index is 2.35. The fourth-order valence-corrected chi connectivity index (χ4v) is 5.30. The molecular weight excluding hydrogens is 398 g/mol. The van der Waals surface area contributed by atoms with Gasteiger partial charge in [-0.15, -0.1) is 0 Å². The third-order valence-corrected chi connectivity index (χ3v) is 6.79. The van der Waals surface area contributed by atoms with Crippen molar-refractivity contribution in [2.75, 3.05) is 0 Å². The third-order valence-electron chi connectivity index (χ3n) is 6.79. The van der Waals surface area contributed by atoms with Crippen molar-refractivity contribution in [2.24, 2.45) is 0 Å². The first-order valence-electron chi connectivity index (χ1n) is 11.4. The van der Waals surface area contributed by atoms with Crippen LogP contribution in [0, 0.1) is 0 Å². The molecule has 0 N–H and O–H groups in total. The average molecular weight is 420 g/mol. The lowest BCUT2D eigenvalue weighted by atomic mass is 9.94. The molecule has 0 atom stereocenters. The normalized spacial score (nSPS) is 11.6. The van der Waals surface area contributed by atoms with Crippen LogP contribution in [0.4, 0.5) is 0 Å². The first-order valence-corrected chi connectivity index (χ1v) is 11.4. The van der Waals surface area contributed by atoms with E-state index in [1.54, 1.807) is 0 Å². The summed E-state index contributed by atoms with van der Waals surface area (Å²) in [5, 5.41) is 1.32. The van der Waals surface area contributed by atoms with Crippen molar-refractivity contribution in [1.82, 2.24) is 4.57 Å². The van der Waals surface area contributed by atoms with Gasteiger partial charge in [0.15, 0.2) is 0 Å². The summed E-state index contributed by atoms with van der Waals surface area (Å²) in [6.07, 6.45) is 2.32. The highest BCUT2D eigenvalue weighted by molar-refractivity contribution is 6.13. The molecule has 1 nitrogen and oxygen atoms in total. The van der Waals surface area contributed by atoms with Gasteiger partial charge in [0.1, 0.15) is 0 Å². The number of rotatable bonds is 2. The predicted octanol–water partition coefficient (Wildman–Crippen LogP) is 8.61. The van der Waals surface area contributed by atoms with Gasteiger partial charge in [-0.2, -0.15) is 0 Å². The summed E-state index contributed by atoms with van der Waals surface area (Å²) in [6, 6.07) is 43.7. The van der Waals surface area contributed by atoms with Crippen LogP contribution < -0.4 is 0 Å². The Kier molecular flexibility index (Phi) is 3.91. The summed E-state index contributed by atoms with van der Waals surface area (Å²) in [5.74, 6) is 0. The summed E-state index contributed by atoms with van der Waals surface area (Å²) in [5.41, 5.74) is 12.6. The molecule has 154 valence electrons. The lowest BCUT2D eigenvalue weighted by Crippen LogP contribution is -1.93. The largest absolute Gasteiger partial charge is 0.316 e. The molecular formula is C32H21N. The van der Waals surface area contributed by atoms with Gasteiger partial charge in [0.2, 0.25) is 0 Å². The number of fused-ring (bicyclic) bond motifs is 5. The predicted molar refractivity (Wildman–Crippen MR) is 139 cm³/mol. The quantitative estimate of drug-likeness (QED) is 0.264. The highest BCUT2D eigenvalue weighted by atomic mass is 15.0. The number of hydrogen-bond donors (Lipinski definition) is 0. The van der Waals surface area contributed by atoms with Crippen LogP contribution in [0.1, 0.15) is 0 Å². The molecule has 33 heavy (non-hydrogen) atoms. The fourth-order valence-electron chi connectivity index (χ4n) is 5.30. The molecule has 7 rings (SSSR count). The summed E-state index contributed by atoms with van der Waals surface area (Å²) in [4.78, 5) is 0. The smallest absolute Gasteiger partial charge is 0.0541 e. The molecule has 0 saturated carbocycles. The maximum Gasteiger partial charge on any atom is 0.0541 e. The summed E-state index contributed by atoms with van der Waals surface area (Å²) < 4.78 is 2.35. The Balaban J connectivity index is 1.54. The van der Waals surface area contributed by atoms with Crippen molar-refractivity contribution in [3.8, 4) is 50.2 Å². The van der Waals surface area contributed by atoms with Gasteiger partial charge in [0.25, 0.3) is 0 Å². The first-order chi connectivity index (χ1) is 16.4. The van der Waals surface area contributed by atoms with E-state index in [1.807, 2.05) is 0 Å². The molecule has 0 aliphatic heterocycles. The molecule has 0 radical (unpaired) electrons. The second-order valence-electron chi connectivity index (χ2n) is 8.62. The van der Waals surface area contributed by atoms with Crippen LogP contribution in [0.3, 0.4) is 0 Å². The molecule has 0 saturated heterocycles. The van der Waals surface area contributed by atoms with Gasteiger partial charge in [-0.3, -0.25) is 0 Å². The van der Waals surface area contributed by atoms with E-state index in [-0.39, 0.29) is 0 Å². The van der Waals surface area contributed by atoms with E-state index in [9.17, 15) is 0 Å². The Bertz CT molecular complexity index is 1650. The first kappa shape index (κ1) is 18.2. The van der Waals surface area contributed by atoms with Crippen molar-refractivity contribution in [2.45, 2.75) is 0 Å². The zero-order valence-corrected chi connectivity index (χ0v) is 18.1. The zero-order chi connectivity index (χ0) is 21.8. The molecule has 1 heterocycles. The summed E-state index contributed by atoms with van der Waals surface area (Å²) in [7, 11) is 0. The Hall–Kier alpha value is -4.36. The van der Waals surface area contributed by atoms with Gasteiger partial charge in [0.05, 0.1) is 5.52 Å². The number of hydrogen-bond acceptors (Lipinski definition) is 0. The molecule has 0 unspecified atom stereocenters. The van der Waals surface area contributed by atoms with Crippen LogP contribution in [-0.4, -0.2) is 4.57 Å². The van der Waals surface area contributed by atoms with Gasteiger partial charge in [0, 0.05) is 22.8 Å². The van der Waals surface area contributed by atoms with Crippen LogP contribution in [0.15, 0.2) is 128 Å². The van der Waals surface area contributed by atoms with Gasteiger partial charge < -0.3 is 4.57 Å². The molecule has 0 fully saturated rings. The van der Waals surface area contributed by atoms with Crippen LogP contribution >= 0.6 is 0 Å². The van der Waals surface area contributed by atoms with Gasteiger partial charge in [-0.05, 0) is 57.1 Å². The Morgan fingerprint density at radius 1 is 0.394 bits per heavy atom. The monoisotopic (exact) mass is 419 g/mol. The number of benzene rings is 5. The fraction of sp³-hybridized carbons (Fsp3) is 0. The van der Waals surface area contributed by atoms with Crippen LogP contribution in [0.2, 0.25) is 0 Å². The minimum atomic E-state index is 1.18. The number of aromatic nitrogens is 1. The lowest BCUT2D eigenvalue weighted by Gasteiger charge is -2.12. The third kappa shape index (κ3) is 2.73. The topological polar surface area (TPSA) is 4.93 Å². The Morgan fingerprint density at radius 3 is 1.67 bits per heavy atom. The molecule has 6 aromatic rings. The van der Waals surface area contributed by atoms with Crippen molar-refractivity contribution in [3.63, 3.8) is 0 Å². The second kappa shape index (κ2) is 7.08. The van der Waals surface area contributed by atoms with Gasteiger partial charge in [-0.1, -0.05) is 103 Å². The molecule has 1 aliphatic rings. The standard InChI is InChI=1S/C32H21N/c1-2-10-22(11-3-1)23-12-8-13-24(20-23)33-21-30-28-17-7-5-15-26(28)25-14-4-6-16-27(25)29-18-9-19-31(33)32(29)30/h1-21H. The summed E-state index contributed by atoms with van der Waals surface area (Å²) in [6.45, 7) is 0. The molecule has 1 heteroatoms. The SMILES string of the molecule is c1ccc(-c2cccc(-n3cc4c5c(cccc53)-c3ccccc3-c3ccccc3-4)c2)cc1. The minimum Gasteiger partial charge on any atom is -0.316 e. The van der Waals surface area contributed by atoms with E-state index in [0.717, 1.165) is 0 Å². The average Bonchev–Trinajstić information content (AvgIpc) is 3.24. The number of nitrogens with zero attached hydrogens (tertiary/aromatic N) is 1. The van der Waals surface area contributed by atoms with Crippen LogP contribution in [-0.2, 0) is 0 Å². The summed E-state index contributed by atoms with van der Waals surface area (Å²) >= 11 is 0. The second-order valence-corrected chi connectivity index (χ2v) is 8.62. The van der Waals surface area contributed by atoms with Crippen LogP contribution in [0.5, 0.6) is 0 Å². The van der Waals surface area contributed by atoms with Crippen LogP contribution in [0.25, 0.3) is 61.1 Å². The Morgan fingerprint density at radius 2 is 0.939 bits per heavy atom. The molecule has 5 aromatic carbocycles. The minimum absolute atomic E-state index is 1.18. The lowest BCUT2D eigenvalue weighted by molar-refractivity contribution is 1.13. The molecule has 1 aromatic heterocycles. The molecule has 0 spiro atoms. The van der Waals surface area contributed by atoms with Gasteiger partial charge in [-0.25, -0.2) is 0 Å². The van der Waals surface area contributed by atoms with E-state index in [1.165, 1.54) is 61.1 Å². The van der Waals surface area contributed by atoms with Crippen molar-refractivity contribution >= 4 is 10.9 Å². The van der Waals surface area contributed by atoms with Crippen molar-refractivity contribution < 1.29 is 0 Å². The highest BCUT2D eigenvalue weighted by Crippen LogP contribution is 2.48. The van der Waals surface area contributed by atoms with Crippen molar-refractivity contribution in [3.05, 3.63) is 128 Å². The van der Waals surface area contributed by atoms with E-state index >= 15 is 0 Å². The van der Waals surface area contributed by atoms with E-state index in [4.69, 9.17) is 0 Å². The Labute approximate surface area is 193 Å². The maximum atomic E-state index is 2.35. The van der Waals surface area contributed by atoms with Crippen molar-refractivity contribution in [1.29, 1.82) is 0 Å². The zero-order valence-electron chi connectivity index (χ0n) is 18.1. The molecule has 0 amide bonds. The molecule has 1 aliphatic carbocycles. The van der Waals surface area contributed by atoms with E-state index in [2.05, 4.69) is 132 Å². The van der Waals surface area contributed by atoms with E-state index in [0.29, 0.717) is 0 Å². The van der Waals surface area contributed by atoms with Gasteiger partial charge >= 0.3 is 0 Å².